The summed E-state index contributed by atoms with van der Waals surface area (Å²) in [6.07, 6.45) is 1.74. The average molecular weight is 452 g/mol. The number of carbonyl (C=O) groups excluding carboxylic acids is 3. The van der Waals surface area contributed by atoms with Crippen LogP contribution in [0.4, 0.5) is 11.4 Å². The van der Waals surface area contributed by atoms with Crippen LogP contribution in [0.25, 0.3) is 0 Å². The Kier molecular flexibility index (Phi) is 8.22. The van der Waals surface area contributed by atoms with E-state index in [2.05, 4.69) is 10.6 Å². The van der Waals surface area contributed by atoms with Crippen LogP contribution in [-0.2, 0) is 14.3 Å². The number of benzene rings is 2. The van der Waals surface area contributed by atoms with Gasteiger partial charge in [-0.05, 0) is 68.1 Å². The lowest BCUT2D eigenvalue weighted by Gasteiger charge is -2.25. The van der Waals surface area contributed by atoms with Crippen molar-refractivity contribution in [3.05, 3.63) is 59.2 Å². The fraction of sp³-hybridized carbons (Fsp3) is 0.423. The third-order valence-electron chi connectivity index (χ3n) is 5.87. The molecule has 1 heterocycles. The van der Waals surface area contributed by atoms with Crippen molar-refractivity contribution in [2.45, 2.75) is 46.6 Å². The van der Waals surface area contributed by atoms with E-state index in [0.717, 1.165) is 29.7 Å². The van der Waals surface area contributed by atoms with E-state index < -0.39 is 0 Å². The Labute approximate surface area is 195 Å². The van der Waals surface area contributed by atoms with Crippen molar-refractivity contribution in [1.29, 1.82) is 0 Å². The molecule has 3 amide bonds. The molecule has 2 aromatic carbocycles. The topological polar surface area (TPSA) is 87.7 Å². The molecule has 2 N–H and O–H groups in total. The zero-order valence-corrected chi connectivity index (χ0v) is 19.8. The molecule has 0 aromatic heterocycles. The molecule has 7 heteroatoms. The predicted molar refractivity (Wildman–Crippen MR) is 129 cm³/mol. The fourth-order valence-corrected chi connectivity index (χ4v) is 3.67. The first kappa shape index (κ1) is 24.5. The van der Waals surface area contributed by atoms with E-state index in [0.29, 0.717) is 24.4 Å². The van der Waals surface area contributed by atoms with E-state index in [1.165, 1.54) is 4.90 Å². The second-order valence-corrected chi connectivity index (χ2v) is 8.84. The van der Waals surface area contributed by atoms with Gasteiger partial charge in [0.1, 0.15) is 6.54 Å². The number of nitrogens with zero attached hydrogens (tertiary/aromatic N) is 1. The van der Waals surface area contributed by atoms with E-state index in [1.54, 1.807) is 24.3 Å². The van der Waals surface area contributed by atoms with Gasteiger partial charge >= 0.3 is 0 Å². The molecule has 33 heavy (non-hydrogen) atoms. The SMILES string of the molecule is Cc1cccc(NC(=O)CN(CC2CCCO2)C(=O)c2ccc(NC(=O)C(C)C)cc2)c1C. The standard InChI is InChI=1S/C26H33N3O4/c1-17(2)25(31)27-21-12-10-20(11-13-21)26(32)29(15-22-8-6-14-33-22)16-24(30)28-23-9-5-7-18(3)19(23)4/h5,7,9-13,17,22H,6,8,14-16H2,1-4H3,(H,27,31)(H,28,30). The van der Waals surface area contributed by atoms with Crippen LogP contribution < -0.4 is 10.6 Å². The number of hydrogen-bond acceptors (Lipinski definition) is 4. The molecule has 0 aliphatic carbocycles. The number of nitrogens with one attached hydrogen (secondary N) is 2. The smallest absolute Gasteiger partial charge is 0.254 e. The number of anilines is 2. The average Bonchev–Trinajstić information content (AvgIpc) is 3.29. The second-order valence-electron chi connectivity index (χ2n) is 8.84. The lowest BCUT2D eigenvalue weighted by atomic mass is 10.1. The van der Waals surface area contributed by atoms with Crippen LogP contribution in [0, 0.1) is 19.8 Å². The fourth-order valence-electron chi connectivity index (χ4n) is 3.67. The molecular weight excluding hydrogens is 418 g/mol. The van der Waals surface area contributed by atoms with Gasteiger partial charge in [-0.15, -0.1) is 0 Å². The largest absolute Gasteiger partial charge is 0.376 e. The molecule has 1 saturated heterocycles. The summed E-state index contributed by atoms with van der Waals surface area (Å²) in [6, 6.07) is 12.5. The van der Waals surface area contributed by atoms with Crippen LogP contribution in [0.1, 0.15) is 48.2 Å². The molecular formula is C26H33N3O4. The molecule has 1 aliphatic rings. The van der Waals surface area contributed by atoms with E-state index in [4.69, 9.17) is 4.74 Å². The number of aryl methyl sites for hydroxylation is 1. The summed E-state index contributed by atoms with van der Waals surface area (Å²) >= 11 is 0. The van der Waals surface area contributed by atoms with Gasteiger partial charge in [0.15, 0.2) is 0 Å². The molecule has 2 aromatic rings. The molecule has 1 atom stereocenters. The Bertz CT molecular complexity index is 995. The van der Waals surface area contributed by atoms with Crippen molar-refractivity contribution in [3.8, 4) is 0 Å². The van der Waals surface area contributed by atoms with Crippen LogP contribution in [0.15, 0.2) is 42.5 Å². The summed E-state index contributed by atoms with van der Waals surface area (Å²) in [5.74, 6) is -0.722. The van der Waals surface area contributed by atoms with Crippen LogP contribution in [0.3, 0.4) is 0 Å². The molecule has 7 nitrogen and oxygen atoms in total. The molecule has 1 fully saturated rings. The maximum Gasteiger partial charge on any atom is 0.254 e. The summed E-state index contributed by atoms with van der Waals surface area (Å²) in [5, 5.41) is 5.75. The first-order valence-corrected chi connectivity index (χ1v) is 11.4. The minimum absolute atomic E-state index is 0.0715. The van der Waals surface area contributed by atoms with Crippen molar-refractivity contribution in [2.24, 2.45) is 5.92 Å². The Morgan fingerprint density at radius 1 is 1.06 bits per heavy atom. The molecule has 1 unspecified atom stereocenters. The molecule has 1 aliphatic heterocycles. The predicted octanol–water partition coefficient (Wildman–Crippen LogP) is 4.16. The molecule has 0 spiro atoms. The lowest BCUT2D eigenvalue weighted by molar-refractivity contribution is -0.119. The maximum absolute atomic E-state index is 13.3. The molecule has 176 valence electrons. The highest BCUT2D eigenvalue weighted by Crippen LogP contribution is 2.19. The van der Waals surface area contributed by atoms with Crippen molar-refractivity contribution in [1.82, 2.24) is 4.90 Å². The number of ether oxygens (including phenoxy) is 1. The summed E-state index contributed by atoms with van der Waals surface area (Å²) < 4.78 is 5.72. The van der Waals surface area contributed by atoms with Gasteiger partial charge in [0.05, 0.1) is 6.10 Å². The molecule has 0 saturated carbocycles. The minimum atomic E-state index is -0.254. The van der Waals surface area contributed by atoms with Gasteiger partial charge < -0.3 is 20.3 Å². The van der Waals surface area contributed by atoms with Gasteiger partial charge in [-0.1, -0.05) is 26.0 Å². The highest BCUT2D eigenvalue weighted by molar-refractivity contribution is 6.00. The van der Waals surface area contributed by atoms with Gasteiger partial charge in [-0.2, -0.15) is 0 Å². The quantitative estimate of drug-likeness (QED) is 0.631. The Morgan fingerprint density at radius 2 is 1.79 bits per heavy atom. The number of amides is 3. The lowest BCUT2D eigenvalue weighted by Crippen LogP contribution is -2.42. The van der Waals surface area contributed by atoms with Gasteiger partial charge in [0.25, 0.3) is 5.91 Å². The summed E-state index contributed by atoms with van der Waals surface area (Å²) in [6.45, 7) is 8.54. The Morgan fingerprint density at radius 3 is 2.42 bits per heavy atom. The van der Waals surface area contributed by atoms with Crippen LogP contribution >= 0.6 is 0 Å². The normalized spacial score (nSPS) is 15.4. The van der Waals surface area contributed by atoms with E-state index in [-0.39, 0.29) is 36.3 Å². The van der Waals surface area contributed by atoms with E-state index >= 15 is 0 Å². The first-order valence-electron chi connectivity index (χ1n) is 11.4. The highest BCUT2D eigenvalue weighted by atomic mass is 16.5. The zero-order valence-electron chi connectivity index (χ0n) is 19.8. The summed E-state index contributed by atoms with van der Waals surface area (Å²) in [7, 11) is 0. The summed E-state index contributed by atoms with van der Waals surface area (Å²) in [5.41, 5.74) is 3.92. The van der Waals surface area contributed by atoms with E-state index in [1.807, 2.05) is 45.9 Å². The third kappa shape index (κ3) is 6.65. The maximum atomic E-state index is 13.3. The summed E-state index contributed by atoms with van der Waals surface area (Å²) in [4.78, 5) is 39.6. The van der Waals surface area contributed by atoms with Gasteiger partial charge in [-0.25, -0.2) is 0 Å². The molecule has 0 bridgehead atoms. The number of hydrogen-bond donors (Lipinski definition) is 2. The van der Waals surface area contributed by atoms with Crippen LogP contribution in [0.5, 0.6) is 0 Å². The van der Waals surface area contributed by atoms with Crippen LogP contribution in [0.2, 0.25) is 0 Å². The number of rotatable bonds is 8. The number of carbonyl (C=O) groups is 3. The van der Waals surface area contributed by atoms with E-state index in [9.17, 15) is 14.4 Å². The Balaban J connectivity index is 1.72. The van der Waals surface area contributed by atoms with Crippen molar-refractivity contribution >= 4 is 29.1 Å². The second kappa shape index (κ2) is 11.1. The molecule has 0 radical (unpaired) electrons. The first-order chi connectivity index (χ1) is 15.7. The van der Waals surface area contributed by atoms with Crippen LogP contribution in [-0.4, -0.2) is 48.4 Å². The zero-order chi connectivity index (χ0) is 24.0. The van der Waals surface area contributed by atoms with Gasteiger partial charge in [0.2, 0.25) is 11.8 Å². The van der Waals surface area contributed by atoms with Gasteiger partial charge in [0, 0.05) is 36.0 Å². The minimum Gasteiger partial charge on any atom is -0.376 e. The highest BCUT2D eigenvalue weighted by Gasteiger charge is 2.25. The van der Waals surface area contributed by atoms with Crippen molar-refractivity contribution in [2.75, 3.05) is 30.3 Å². The monoisotopic (exact) mass is 451 g/mol. The third-order valence-corrected chi connectivity index (χ3v) is 5.87. The van der Waals surface area contributed by atoms with Crippen molar-refractivity contribution in [3.63, 3.8) is 0 Å². The Hall–Kier alpha value is -3.19. The van der Waals surface area contributed by atoms with Gasteiger partial charge in [-0.3, -0.25) is 14.4 Å². The van der Waals surface area contributed by atoms with Crippen molar-refractivity contribution < 1.29 is 19.1 Å². The molecule has 3 rings (SSSR count).